The van der Waals surface area contributed by atoms with Crippen LogP contribution in [0.3, 0.4) is 0 Å². The molecule has 0 rings (SSSR count). The third kappa shape index (κ3) is 51.4. The van der Waals surface area contributed by atoms with Crippen LogP contribution in [0.5, 0.6) is 0 Å². The number of hydrogen-bond donors (Lipinski definition) is 2. The minimum absolute atomic E-state index is 0. The summed E-state index contributed by atoms with van der Waals surface area (Å²) in [4.78, 5) is 0. The van der Waals surface area contributed by atoms with Gasteiger partial charge in [0.1, 0.15) is 0 Å². The molecule has 0 saturated carbocycles. The molecule has 56 valence electrons. The van der Waals surface area contributed by atoms with E-state index in [9.17, 15) is 0 Å². The van der Waals surface area contributed by atoms with Crippen molar-refractivity contribution < 1.29 is 183 Å². The van der Waals surface area contributed by atoms with Crippen LogP contribution in [0, 0.1) is 0 Å². The second kappa shape index (κ2) is 45.8. The monoisotopic (exact) mass is 621 g/mol. The normalized spacial score (nSPS) is 3.82. The van der Waals surface area contributed by atoms with Gasteiger partial charge in [0.2, 0.25) is 0 Å². The van der Waals surface area contributed by atoms with Gasteiger partial charge in [-0.05, 0) is 15.1 Å². The molecule has 11 heteroatoms. The quantitative estimate of drug-likeness (QED) is 0.328. The molecule has 0 aromatic rings. The molecule has 0 unspecified atom stereocenters. The summed E-state index contributed by atoms with van der Waals surface area (Å²) in [6.45, 7) is 0. The second-order valence-electron chi connectivity index (χ2n) is 0.217. The number of rotatable bonds is 2. The molecule has 0 radical (unpaired) electrons. The first kappa shape index (κ1) is 44.3. The Morgan fingerprint density at radius 3 is 0.727 bits per heavy atom. The maximum atomic E-state index is 7.06. The fourth-order valence-corrected chi connectivity index (χ4v) is 0.0136. The van der Waals surface area contributed by atoms with Crippen molar-refractivity contribution in [3.63, 3.8) is 0 Å². The van der Waals surface area contributed by atoms with Crippen molar-refractivity contribution >= 4 is 0 Å². The summed E-state index contributed by atoms with van der Waals surface area (Å²) in [5.74, 6) is 0. The van der Waals surface area contributed by atoms with Gasteiger partial charge in [0.25, 0.3) is 0 Å². The third-order valence-electron chi connectivity index (χ3n) is 0.0609. The van der Waals surface area contributed by atoms with Gasteiger partial charge < -0.3 is 0 Å². The zero-order valence-electron chi connectivity index (χ0n) is 5.12. The molecule has 0 fully saturated rings. The van der Waals surface area contributed by atoms with Crippen molar-refractivity contribution in [3.8, 4) is 0 Å². The molecular weight excluding hydrogens is 627 g/mol. The maximum absolute atomic E-state index is 7.06. The van der Waals surface area contributed by atoms with Crippen LogP contribution in [0.4, 0.5) is 0 Å². The van der Waals surface area contributed by atoms with Gasteiger partial charge in [0.05, 0.1) is 0 Å². The Bertz CT molecular complexity index is 18.4. The molecule has 0 aliphatic heterocycles. The molecule has 0 saturated heterocycles. The smallest absolute Gasteiger partial charge is 0 e. The molecule has 11 heavy (non-hydrogen) atoms. The van der Waals surface area contributed by atoms with E-state index in [4.69, 9.17) is 10.5 Å². The van der Waals surface area contributed by atoms with Crippen molar-refractivity contribution in [1.82, 2.24) is 0 Å². The van der Waals surface area contributed by atoms with E-state index in [0.29, 0.717) is 0 Å². The summed E-state index contributed by atoms with van der Waals surface area (Å²) in [5, 5.41) is 22.5. The van der Waals surface area contributed by atoms with E-state index in [1.165, 1.54) is 0 Å². The summed E-state index contributed by atoms with van der Waals surface area (Å²) in [7, 11) is 0. The van der Waals surface area contributed by atoms with Crippen LogP contribution in [0.1, 0.15) is 0 Å². The fraction of sp³-hybridized carbons (Fsp3) is 0. The summed E-state index contributed by atoms with van der Waals surface area (Å²) >= 11 is 0. The zero-order valence-corrected chi connectivity index (χ0v) is 19.9. The van der Waals surface area contributed by atoms with Gasteiger partial charge in [0.15, 0.2) is 0 Å². The predicted molar refractivity (Wildman–Crippen MR) is 8.51 cm³/mol. The average molecular weight is 629 g/mol. The van der Waals surface area contributed by atoms with Crippen LogP contribution in [0.25, 0.3) is 0 Å². The van der Waals surface area contributed by atoms with Crippen LogP contribution in [0.15, 0.2) is 0 Å². The molecule has 0 aromatic heterocycles. The zero-order chi connectivity index (χ0) is 4.12. The molecule has 0 heterocycles. The topological polar surface area (TPSA) is 68.2 Å². The average Bonchev–Trinajstić information content (AvgIpc) is 1.41. The predicted octanol–water partition coefficient (Wildman–Crippen LogP) is -0.203. The minimum atomic E-state index is 0. The molecular formula is H2O5Zr6. The SMILES string of the molecule is OOOOO.[Zr].[Zr].[Zr].[Zr].[Zr].[Zr]. The molecule has 2 N–H and O–H groups in total. The first-order valence-corrected chi connectivity index (χ1v) is 0.698. The fourth-order valence-electron chi connectivity index (χ4n) is 0.0136. The van der Waals surface area contributed by atoms with Gasteiger partial charge >= 0.3 is 0 Å². The second-order valence-corrected chi connectivity index (χ2v) is 0.217. The largest absolute Gasteiger partial charge is 0.219 e. The van der Waals surface area contributed by atoms with Gasteiger partial charge in [-0.25, -0.2) is 10.5 Å². The van der Waals surface area contributed by atoms with Crippen LogP contribution >= 0.6 is 0 Å². The van der Waals surface area contributed by atoms with Crippen LogP contribution in [0.2, 0.25) is 0 Å². The molecule has 0 atom stereocenters. The van der Waals surface area contributed by atoms with E-state index in [-0.39, 0.29) is 157 Å². The van der Waals surface area contributed by atoms with Crippen LogP contribution < -0.4 is 0 Å². The summed E-state index contributed by atoms with van der Waals surface area (Å²) in [6, 6.07) is 0. The van der Waals surface area contributed by atoms with Crippen molar-refractivity contribution in [2.24, 2.45) is 0 Å². The third-order valence-corrected chi connectivity index (χ3v) is 0.0609. The molecule has 0 spiro atoms. The first-order valence-electron chi connectivity index (χ1n) is 0.698. The van der Waals surface area contributed by atoms with Gasteiger partial charge in [-0.1, -0.05) is 0 Å². The van der Waals surface area contributed by atoms with E-state index in [2.05, 4.69) is 15.1 Å². The Kier molecular flexibility index (Phi) is 184. The van der Waals surface area contributed by atoms with Gasteiger partial charge in [-0.15, -0.1) is 0 Å². The number of hydrogen-bond acceptors (Lipinski definition) is 5. The Labute approximate surface area is 179 Å². The molecule has 0 aliphatic carbocycles. The summed E-state index contributed by atoms with van der Waals surface area (Å²) in [6.07, 6.45) is 0. The van der Waals surface area contributed by atoms with E-state index >= 15 is 0 Å². The summed E-state index contributed by atoms with van der Waals surface area (Å²) in [5.41, 5.74) is 0. The molecule has 0 aromatic carbocycles. The Hall–Kier alpha value is 5.10. The van der Waals surface area contributed by atoms with Crippen molar-refractivity contribution in [2.45, 2.75) is 0 Å². The summed E-state index contributed by atoms with van der Waals surface area (Å²) < 4.78 is 0. The molecule has 0 amide bonds. The van der Waals surface area contributed by atoms with Crippen molar-refractivity contribution in [1.29, 1.82) is 0 Å². The van der Waals surface area contributed by atoms with Gasteiger partial charge in [0, 0.05) is 157 Å². The Balaban J connectivity index is -0.00000000533. The van der Waals surface area contributed by atoms with E-state index in [1.54, 1.807) is 0 Å². The molecule has 0 aliphatic rings. The molecule has 0 bridgehead atoms. The minimum Gasteiger partial charge on any atom is -0.219 e. The van der Waals surface area contributed by atoms with Gasteiger partial charge in [-0.3, -0.25) is 0 Å². The van der Waals surface area contributed by atoms with Crippen LogP contribution in [-0.2, 0) is 172 Å². The Morgan fingerprint density at radius 2 is 0.727 bits per heavy atom. The standard InChI is InChI=1S/H2O5.6Zr/c1-3-5-4-2;;;;;;/h1-2H;;;;;;. The maximum Gasteiger partial charge on any atom is 0 e. The van der Waals surface area contributed by atoms with E-state index in [1.807, 2.05) is 0 Å². The van der Waals surface area contributed by atoms with E-state index < -0.39 is 0 Å². The van der Waals surface area contributed by atoms with Crippen molar-refractivity contribution in [2.75, 3.05) is 0 Å². The van der Waals surface area contributed by atoms with E-state index in [0.717, 1.165) is 0 Å². The van der Waals surface area contributed by atoms with Crippen molar-refractivity contribution in [3.05, 3.63) is 0 Å². The first-order chi connectivity index (χ1) is 2.41. The Morgan fingerprint density at radius 1 is 0.545 bits per heavy atom. The molecule has 5 nitrogen and oxygen atoms in total. The van der Waals surface area contributed by atoms with Crippen LogP contribution in [-0.4, -0.2) is 10.5 Å². The van der Waals surface area contributed by atoms with Gasteiger partial charge in [-0.2, -0.15) is 0 Å².